The van der Waals surface area contributed by atoms with Gasteiger partial charge in [-0.2, -0.15) is 21.4 Å². The highest BCUT2D eigenvalue weighted by atomic mass is 32.1. The van der Waals surface area contributed by atoms with Gasteiger partial charge in [0.15, 0.2) is 5.69 Å². The van der Waals surface area contributed by atoms with Crippen molar-refractivity contribution >= 4 is 11.3 Å². The van der Waals surface area contributed by atoms with Crippen LogP contribution in [-0.4, -0.2) is 19.9 Å². The van der Waals surface area contributed by atoms with E-state index in [9.17, 15) is 4.39 Å². The third-order valence-corrected chi connectivity index (χ3v) is 4.98. The van der Waals surface area contributed by atoms with E-state index < -0.39 is 0 Å². The highest BCUT2D eigenvalue weighted by Gasteiger charge is 2.24. The maximum Gasteiger partial charge on any atom is 0.278 e. The number of hydrogen-bond donors (Lipinski definition) is 0. The first-order valence-corrected chi connectivity index (χ1v) is 9.01. The van der Waals surface area contributed by atoms with E-state index >= 15 is 0 Å². The number of halogens is 1. The summed E-state index contributed by atoms with van der Waals surface area (Å²) in [5, 5.41) is 12.5. The van der Waals surface area contributed by atoms with Crippen molar-refractivity contribution < 1.29 is 13.7 Å². The van der Waals surface area contributed by atoms with Gasteiger partial charge in [-0.25, -0.2) is 4.39 Å². The van der Waals surface area contributed by atoms with Crippen LogP contribution in [0.1, 0.15) is 17.4 Å². The van der Waals surface area contributed by atoms with Crippen molar-refractivity contribution in [2.45, 2.75) is 19.3 Å². The molecule has 130 valence electrons. The van der Waals surface area contributed by atoms with Crippen molar-refractivity contribution in [2.75, 3.05) is 0 Å². The Hall–Kier alpha value is -2.84. The Morgan fingerprint density at radius 1 is 1.19 bits per heavy atom. The second kappa shape index (κ2) is 6.15. The SMILES string of the molecule is Fc1ccc([C@H]2Cn3nc(-c4nc(-c5ccsc5)no4)cc3CO2)cc1. The minimum absolute atomic E-state index is 0.167. The Balaban J connectivity index is 1.40. The van der Waals surface area contributed by atoms with Crippen LogP contribution in [0.5, 0.6) is 0 Å². The van der Waals surface area contributed by atoms with Crippen molar-refractivity contribution in [3.63, 3.8) is 0 Å². The van der Waals surface area contributed by atoms with E-state index in [1.807, 2.05) is 27.6 Å². The molecule has 0 saturated carbocycles. The maximum atomic E-state index is 13.1. The first-order valence-electron chi connectivity index (χ1n) is 8.07. The van der Waals surface area contributed by atoms with Crippen LogP contribution >= 0.6 is 11.3 Å². The van der Waals surface area contributed by atoms with Crippen molar-refractivity contribution in [3.05, 3.63) is 64.2 Å². The van der Waals surface area contributed by atoms with Crippen molar-refractivity contribution in [1.82, 2.24) is 19.9 Å². The molecule has 4 aromatic rings. The first-order chi connectivity index (χ1) is 12.8. The Morgan fingerprint density at radius 2 is 2.08 bits per heavy atom. The number of hydrogen-bond acceptors (Lipinski definition) is 6. The van der Waals surface area contributed by atoms with E-state index in [1.54, 1.807) is 23.5 Å². The highest BCUT2D eigenvalue weighted by Crippen LogP contribution is 2.29. The van der Waals surface area contributed by atoms with Gasteiger partial charge in [0.1, 0.15) is 11.9 Å². The molecule has 0 spiro atoms. The average molecular weight is 368 g/mol. The van der Waals surface area contributed by atoms with Crippen molar-refractivity contribution in [1.29, 1.82) is 0 Å². The largest absolute Gasteiger partial charge is 0.365 e. The van der Waals surface area contributed by atoms with Crippen LogP contribution in [0.3, 0.4) is 0 Å². The second-order valence-electron chi connectivity index (χ2n) is 5.99. The van der Waals surface area contributed by atoms with Crippen LogP contribution in [0.15, 0.2) is 51.7 Å². The van der Waals surface area contributed by atoms with Gasteiger partial charge in [-0.05, 0) is 35.2 Å². The number of ether oxygens (including phenoxy) is 1. The van der Waals surface area contributed by atoms with Crippen LogP contribution in [0.2, 0.25) is 0 Å². The summed E-state index contributed by atoms with van der Waals surface area (Å²) < 4.78 is 26.2. The molecule has 0 fully saturated rings. The second-order valence-corrected chi connectivity index (χ2v) is 6.77. The molecular weight excluding hydrogens is 355 g/mol. The number of aromatic nitrogens is 4. The third-order valence-electron chi connectivity index (χ3n) is 4.30. The van der Waals surface area contributed by atoms with Crippen LogP contribution in [0.25, 0.3) is 23.0 Å². The molecule has 4 heterocycles. The Bertz CT molecular complexity index is 1040. The smallest absolute Gasteiger partial charge is 0.278 e. The standard InChI is InChI=1S/C18H13FN4O2S/c19-13-3-1-11(2-4-13)16-8-23-14(9-24-16)7-15(21-23)18-20-17(22-25-18)12-5-6-26-10-12/h1-7,10,16H,8-9H2/t16-/m1/s1. The molecule has 0 radical (unpaired) electrons. The molecule has 5 rings (SSSR count). The van der Waals surface area contributed by atoms with Crippen molar-refractivity contribution in [2.24, 2.45) is 0 Å². The van der Waals surface area contributed by atoms with Crippen molar-refractivity contribution in [3.8, 4) is 23.0 Å². The number of nitrogens with zero attached hydrogens (tertiary/aromatic N) is 4. The lowest BCUT2D eigenvalue weighted by Gasteiger charge is -2.24. The van der Waals surface area contributed by atoms with E-state index in [4.69, 9.17) is 9.26 Å². The van der Waals surface area contributed by atoms with Crippen LogP contribution in [0, 0.1) is 5.82 Å². The molecule has 26 heavy (non-hydrogen) atoms. The molecule has 8 heteroatoms. The predicted molar refractivity (Wildman–Crippen MR) is 92.8 cm³/mol. The lowest BCUT2D eigenvalue weighted by Crippen LogP contribution is -2.21. The monoisotopic (exact) mass is 368 g/mol. The van der Waals surface area contributed by atoms with Gasteiger partial charge in [-0.15, -0.1) is 0 Å². The summed E-state index contributed by atoms with van der Waals surface area (Å²) in [7, 11) is 0. The first kappa shape index (κ1) is 15.4. The van der Waals surface area contributed by atoms with Gasteiger partial charge in [0.25, 0.3) is 5.89 Å². The van der Waals surface area contributed by atoms with Crippen LogP contribution < -0.4 is 0 Å². The lowest BCUT2D eigenvalue weighted by molar-refractivity contribution is -0.00116. The molecule has 0 N–H and O–H groups in total. The molecule has 3 aromatic heterocycles. The summed E-state index contributed by atoms with van der Waals surface area (Å²) in [4.78, 5) is 4.42. The minimum Gasteiger partial charge on any atom is -0.365 e. The molecular formula is C18H13FN4O2S. The van der Waals surface area contributed by atoms with Gasteiger partial charge in [0.2, 0.25) is 5.82 Å². The molecule has 0 amide bonds. The van der Waals surface area contributed by atoms with Gasteiger partial charge in [0, 0.05) is 10.9 Å². The summed E-state index contributed by atoms with van der Waals surface area (Å²) in [5.41, 5.74) is 3.41. The summed E-state index contributed by atoms with van der Waals surface area (Å²) in [6.45, 7) is 0.965. The fourth-order valence-corrected chi connectivity index (χ4v) is 3.58. The Labute approximate surface area is 151 Å². The summed E-state index contributed by atoms with van der Waals surface area (Å²) in [6.07, 6.45) is -0.167. The summed E-state index contributed by atoms with van der Waals surface area (Å²) >= 11 is 1.58. The van der Waals surface area contributed by atoms with Gasteiger partial charge >= 0.3 is 0 Å². The normalized spacial score (nSPS) is 16.6. The van der Waals surface area contributed by atoms with Gasteiger partial charge < -0.3 is 9.26 Å². The molecule has 0 unspecified atom stereocenters. The lowest BCUT2D eigenvalue weighted by atomic mass is 10.1. The quantitative estimate of drug-likeness (QED) is 0.545. The summed E-state index contributed by atoms with van der Waals surface area (Å²) in [6, 6.07) is 10.2. The number of fused-ring (bicyclic) bond motifs is 1. The van der Waals surface area contributed by atoms with E-state index in [2.05, 4.69) is 15.2 Å². The molecule has 0 bridgehead atoms. The summed E-state index contributed by atoms with van der Waals surface area (Å²) in [5.74, 6) is 0.670. The number of rotatable bonds is 3. The minimum atomic E-state index is -0.260. The molecule has 0 saturated heterocycles. The molecule has 6 nitrogen and oxygen atoms in total. The van der Waals surface area contributed by atoms with E-state index in [-0.39, 0.29) is 11.9 Å². The number of benzene rings is 1. The van der Waals surface area contributed by atoms with Crippen LogP contribution in [-0.2, 0) is 17.9 Å². The van der Waals surface area contributed by atoms with E-state index in [0.717, 1.165) is 16.8 Å². The molecule has 1 atom stereocenters. The molecule has 1 aromatic carbocycles. The van der Waals surface area contributed by atoms with Gasteiger partial charge in [-0.1, -0.05) is 17.3 Å². The van der Waals surface area contributed by atoms with E-state index in [0.29, 0.717) is 30.6 Å². The fourth-order valence-electron chi connectivity index (χ4n) is 2.95. The zero-order chi connectivity index (χ0) is 17.5. The average Bonchev–Trinajstić information content (AvgIpc) is 3.40. The van der Waals surface area contributed by atoms with Gasteiger partial charge in [-0.3, -0.25) is 4.68 Å². The molecule has 1 aliphatic heterocycles. The van der Waals surface area contributed by atoms with E-state index in [1.165, 1.54) is 12.1 Å². The highest BCUT2D eigenvalue weighted by molar-refractivity contribution is 7.08. The molecule has 1 aliphatic rings. The van der Waals surface area contributed by atoms with Gasteiger partial charge in [0.05, 0.1) is 18.8 Å². The zero-order valence-corrected chi connectivity index (χ0v) is 14.3. The third kappa shape index (κ3) is 2.73. The maximum absolute atomic E-state index is 13.1. The predicted octanol–water partition coefficient (Wildman–Crippen LogP) is 4.07. The topological polar surface area (TPSA) is 66.0 Å². The Morgan fingerprint density at radius 3 is 2.88 bits per heavy atom. The van der Waals surface area contributed by atoms with Crippen LogP contribution in [0.4, 0.5) is 4.39 Å². The number of thiophene rings is 1. The molecule has 0 aliphatic carbocycles. The zero-order valence-electron chi connectivity index (χ0n) is 13.5. The fraction of sp³-hybridized carbons (Fsp3) is 0.167. The Kier molecular flexibility index (Phi) is 3.65.